The molecule has 2 rings (SSSR count). The van der Waals surface area contributed by atoms with Gasteiger partial charge in [0.05, 0.1) is 12.5 Å². The van der Waals surface area contributed by atoms with Gasteiger partial charge in [-0.1, -0.05) is 30.3 Å². The number of nitrogens with two attached hydrogens (primary N) is 1. The van der Waals surface area contributed by atoms with Crippen molar-refractivity contribution in [2.24, 2.45) is 5.73 Å². The number of cyclic esters (lactones) is 1. The second kappa shape index (κ2) is 8.32. The number of nitrogens with zero attached hydrogens (tertiary/aromatic N) is 1. The molecule has 4 amide bonds. The Kier molecular flexibility index (Phi) is 6.16. The van der Waals surface area contributed by atoms with Crippen LogP contribution in [0.25, 0.3) is 0 Å². The highest BCUT2D eigenvalue weighted by Crippen LogP contribution is 2.31. The molecular formula is C17H22N4O5. The topological polar surface area (TPSA) is 131 Å². The van der Waals surface area contributed by atoms with Gasteiger partial charge in [-0.2, -0.15) is 0 Å². The third-order valence-corrected chi connectivity index (χ3v) is 4.14. The Labute approximate surface area is 150 Å². The number of likely N-dealkylation sites (N-methyl/N-ethyl adjacent to an activating group) is 1. The largest absolute Gasteiger partial charge is 0.439 e. The number of carbonyl (C=O) groups is 4. The van der Waals surface area contributed by atoms with Crippen LogP contribution in [0.3, 0.4) is 0 Å². The minimum absolute atomic E-state index is 0.296. The Morgan fingerprint density at radius 2 is 1.92 bits per heavy atom. The molecule has 1 fully saturated rings. The van der Waals surface area contributed by atoms with E-state index < -0.39 is 36.0 Å². The van der Waals surface area contributed by atoms with Crippen LogP contribution < -0.4 is 16.4 Å². The number of nitrogens with one attached hydrogen (secondary N) is 2. The van der Waals surface area contributed by atoms with E-state index in [1.54, 1.807) is 6.92 Å². The smallest absolute Gasteiger partial charge is 0.411 e. The summed E-state index contributed by atoms with van der Waals surface area (Å²) in [7, 11) is 1.38. The van der Waals surface area contributed by atoms with Crippen LogP contribution in [0, 0.1) is 0 Å². The van der Waals surface area contributed by atoms with Crippen molar-refractivity contribution in [1.82, 2.24) is 15.5 Å². The van der Waals surface area contributed by atoms with E-state index in [4.69, 9.17) is 10.5 Å². The maximum atomic E-state index is 12.3. The summed E-state index contributed by atoms with van der Waals surface area (Å²) < 4.78 is 5.36. The summed E-state index contributed by atoms with van der Waals surface area (Å²) in [6.45, 7) is 1.48. The molecule has 1 aliphatic rings. The number of carbonyl (C=O) groups excluding carboxylic acids is 4. The van der Waals surface area contributed by atoms with Crippen LogP contribution in [0.15, 0.2) is 30.3 Å². The fourth-order valence-electron chi connectivity index (χ4n) is 2.78. The molecule has 0 aromatic heterocycles. The number of ether oxygens (including phenoxy) is 1. The average molecular weight is 362 g/mol. The molecule has 0 saturated carbocycles. The third kappa shape index (κ3) is 4.50. The first kappa shape index (κ1) is 19.2. The zero-order chi connectivity index (χ0) is 19.3. The van der Waals surface area contributed by atoms with E-state index in [0.29, 0.717) is 0 Å². The second-order valence-corrected chi connectivity index (χ2v) is 5.99. The molecule has 1 saturated heterocycles. The number of hydrogen-bond donors (Lipinski definition) is 3. The van der Waals surface area contributed by atoms with Crippen LogP contribution in [0.2, 0.25) is 0 Å². The lowest BCUT2D eigenvalue weighted by Gasteiger charge is -2.22. The Bertz CT molecular complexity index is 694. The molecule has 1 aliphatic heterocycles. The van der Waals surface area contributed by atoms with Crippen LogP contribution in [0.4, 0.5) is 4.79 Å². The molecule has 0 aliphatic carbocycles. The third-order valence-electron chi connectivity index (χ3n) is 4.14. The van der Waals surface area contributed by atoms with Gasteiger partial charge in [0, 0.05) is 7.05 Å². The SMILES string of the molecule is CNC(=O)[C@H](CC(N)=O)NC(=O)CN1C(=O)O[C@@H](c2ccccc2)[C@H]1C. The van der Waals surface area contributed by atoms with E-state index in [2.05, 4.69) is 10.6 Å². The zero-order valence-corrected chi connectivity index (χ0v) is 14.6. The van der Waals surface area contributed by atoms with Gasteiger partial charge in [-0.15, -0.1) is 0 Å². The molecule has 4 N–H and O–H groups in total. The van der Waals surface area contributed by atoms with E-state index >= 15 is 0 Å². The van der Waals surface area contributed by atoms with Gasteiger partial charge in [0.2, 0.25) is 17.7 Å². The summed E-state index contributed by atoms with van der Waals surface area (Å²) in [5, 5.41) is 4.77. The fourth-order valence-corrected chi connectivity index (χ4v) is 2.78. The van der Waals surface area contributed by atoms with Gasteiger partial charge in [-0.3, -0.25) is 19.3 Å². The Morgan fingerprint density at radius 1 is 1.27 bits per heavy atom. The second-order valence-electron chi connectivity index (χ2n) is 5.99. The molecule has 1 aromatic carbocycles. The highest BCUT2D eigenvalue weighted by Gasteiger charge is 2.40. The van der Waals surface area contributed by atoms with Crippen LogP contribution >= 0.6 is 0 Å². The quantitative estimate of drug-likeness (QED) is 0.611. The molecule has 1 heterocycles. The first-order chi connectivity index (χ1) is 12.3. The minimum atomic E-state index is -1.09. The number of hydrogen-bond acceptors (Lipinski definition) is 5. The number of benzene rings is 1. The van der Waals surface area contributed by atoms with Crippen LogP contribution in [0.1, 0.15) is 25.0 Å². The van der Waals surface area contributed by atoms with Crippen molar-refractivity contribution in [3.63, 3.8) is 0 Å². The summed E-state index contributed by atoms with van der Waals surface area (Å²) in [4.78, 5) is 48.5. The van der Waals surface area contributed by atoms with Crippen LogP contribution in [-0.4, -0.2) is 54.4 Å². The van der Waals surface area contributed by atoms with Crippen molar-refractivity contribution in [2.45, 2.75) is 31.5 Å². The summed E-state index contributed by atoms with van der Waals surface area (Å²) in [6, 6.07) is 7.74. The molecule has 9 heteroatoms. The van der Waals surface area contributed by atoms with Crippen molar-refractivity contribution < 1.29 is 23.9 Å². The zero-order valence-electron chi connectivity index (χ0n) is 14.6. The molecule has 26 heavy (non-hydrogen) atoms. The monoisotopic (exact) mass is 362 g/mol. The molecule has 0 spiro atoms. The predicted molar refractivity (Wildman–Crippen MR) is 91.6 cm³/mol. The summed E-state index contributed by atoms with van der Waals surface area (Å²) in [5.74, 6) is -1.86. The first-order valence-electron chi connectivity index (χ1n) is 8.15. The van der Waals surface area contributed by atoms with E-state index in [1.165, 1.54) is 11.9 Å². The van der Waals surface area contributed by atoms with Crippen molar-refractivity contribution in [1.29, 1.82) is 0 Å². The normalized spacial score (nSPS) is 20.2. The lowest BCUT2D eigenvalue weighted by Crippen LogP contribution is -2.51. The van der Waals surface area contributed by atoms with Crippen LogP contribution in [0.5, 0.6) is 0 Å². The molecule has 0 bridgehead atoms. The lowest BCUT2D eigenvalue weighted by molar-refractivity contribution is -0.131. The summed E-state index contributed by atoms with van der Waals surface area (Å²) in [5.41, 5.74) is 5.92. The number of primary amides is 1. The van der Waals surface area contributed by atoms with Gasteiger partial charge in [-0.25, -0.2) is 4.79 Å². The van der Waals surface area contributed by atoms with Crippen LogP contribution in [-0.2, 0) is 19.1 Å². The highest BCUT2D eigenvalue weighted by molar-refractivity contribution is 5.92. The van der Waals surface area contributed by atoms with E-state index in [-0.39, 0.29) is 19.0 Å². The molecular weight excluding hydrogens is 340 g/mol. The predicted octanol–water partition coefficient (Wildman–Crippen LogP) is -0.325. The van der Waals surface area contributed by atoms with Gasteiger partial charge < -0.3 is 21.1 Å². The van der Waals surface area contributed by atoms with Crippen molar-refractivity contribution >= 4 is 23.8 Å². The summed E-state index contributed by atoms with van der Waals surface area (Å²) >= 11 is 0. The van der Waals surface area contributed by atoms with E-state index in [0.717, 1.165) is 5.56 Å². The van der Waals surface area contributed by atoms with Gasteiger partial charge in [0.1, 0.15) is 18.7 Å². The van der Waals surface area contributed by atoms with Gasteiger partial charge in [-0.05, 0) is 12.5 Å². The first-order valence-corrected chi connectivity index (χ1v) is 8.15. The lowest BCUT2D eigenvalue weighted by atomic mass is 10.0. The van der Waals surface area contributed by atoms with E-state index in [9.17, 15) is 19.2 Å². The van der Waals surface area contributed by atoms with Crippen molar-refractivity contribution in [2.75, 3.05) is 13.6 Å². The Balaban J connectivity index is 2.02. The molecule has 1 aromatic rings. The minimum Gasteiger partial charge on any atom is -0.439 e. The molecule has 9 nitrogen and oxygen atoms in total. The van der Waals surface area contributed by atoms with Crippen molar-refractivity contribution in [3.05, 3.63) is 35.9 Å². The molecule has 140 valence electrons. The van der Waals surface area contributed by atoms with Crippen molar-refractivity contribution in [3.8, 4) is 0 Å². The standard InChI is InChI=1S/C17H22N4O5/c1-10-15(11-6-4-3-5-7-11)26-17(25)21(10)9-14(23)20-12(8-13(18)22)16(24)19-2/h3-7,10,12,15H,8-9H2,1-2H3,(H2,18,22)(H,19,24)(H,20,23)/t10-,12+,15-/m1/s1. The average Bonchev–Trinajstić information content (AvgIpc) is 2.89. The van der Waals surface area contributed by atoms with Gasteiger partial charge in [0.25, 0.3) is 0 Å². The molecule has 0 radical (unpaired) electrons. The molecule has 0 unspecified atom stereocenters. The van der Waals surface area contributed by atoms with E-state index in [1.807, 2.05) is 30.3 Å². The highest BCUT2D eigenvalue weighted by atomic mass is 16.6. The molecule has 3 atom stereocenters. The summed E-state index contributed by atoms with van der Waals surface area (Å²) in [6.07, 6.45) is -1.44. The maximum Gasteiger partial charge on any atom is 0.411 e. The fraction of sp³-hybridized carbons (Fsp3) is 0.412. The number of amides is 4. The Morgan fingerprint density at radius 3 is 2.50 bits per heavy atom. The Hall–Kier alpha value is -3.10. The number of rotatable bonds is 7. The maximum absolute atomic E-state index is 12.3. The van der Waals surface area contributed by atoms with Gasteiger partial charge >= 0.3 is 6.09 Å². The van der Waals surface area contributed by atoms with Gasteiger partial charge in [0.15, 0.2) is 0 Å².